The topological polar surface area (TPSA) is 105 Å². The maximum atomic E-state index is 13.5. The standard InChI is InChI=1S/C25H26ClN3O5/c1-16-8-13-20(34-16)23(25(32)28-18-5-2-3-6-18)29(19-11-9-17(26)10-12-19)22(30)15-27-24(31)21-7-4-14-33-21/h4,7-14,18,23H,2-3,5-6,15H2,1H3,(H,27,31)(H,28,32)/t23-/m0/s1. The zero-order valence-electron chi connectivity index (χ0n) is 18.8. The van der Waals surface area contributed by atoms with Crippen molar-refractivity contribution in [1.29, 1.82) is 0 Å². The van der Waals surface area contributed by atoms with Crippen molar-refractivity contribution in [3.8, 4) is 0 Å². The highest BCUT2D eigenvalue weighted by Crippen LogP contribution is 2.31. The molecule has 1 aromatic carbocycles. The predicted molar refractivity (Wildman–Crippen MR) is 127 cm³/mol. The second-order valence-electron chi connectivity index (χ2n) is 8.24. The Hall–Kier alpha value is -3.52. The van der Waals surface area contributed by atoms with Gasteiger partial charge in [-0.1, -0.05) is 24.4 Å². The van der Waals surface area contributed by atoms with Crippen LogP contribution in [0.5, 0.6) is 0 Å². The molecule has 3 amide bonds. The van der Waals surface area contributed by atoms with Gasteiger partial charge in [-0.2, -0.15) is 0 Å². The number of carbonyl (C=O) groups is 3. The Bertz CT molecular complexity index is 1130. The summed E-state index contributed by atoms with van der Waals surface area (Å²) in [6.45, 7) is 1.42. The van der Waals surface area contributed by atoms with Gasteiger partial charge < -0.3 is 19.5 Å². The lowest BCUT2D eigenvalue weighted by Crippen LogP contribution is -2.49. The molecule has 2 N–H and O–H groups in total. The molecule has 1 fully saturated rings. The van der Waals surface area contributed by atoms with E-state index in [1.54, 1.807) is 49.4 Å². The first-order valence-electron chi connectivity index (χ1n) is 11.2. The minimum absolute atomic E-state index is 0.0480. The number of amides is 3. The molecule has 3 aromatic rings. The van der Waals surface area contributed by atoms with E-state index in [1.165, 1.54) is 17.2 Å². The van der Waals surface area contributed by atoms with Gasteiger partial charge in [-0.3, -0.25) is 19.3 Å². The molecule has 2 aromatic heterocycles. The van der Waals surface area contributed by atoms with Crippen molar-refractivity contribution in [3.63, 3.8) is 0 Å². The van der Waals surface area contributed by atoms with Crippen LogP contribution in [0.25, 0.3) is 0 Å². The largest absolute Gasteiger partial charge is 0.464 e. The number of halogens is 1. The maximum absolute atomic E-state index is 13.5. The van der Waals surface area contributed by atoms with E-state index in [2.05, 4.69) is 10.6 Å². The number of anilines is 1. The van der Waals surface area contributed by atoms with Crippen LogP contribution in [-0.2, 0) is 9.59 Å². The first-order valence-corrected chi connectivity index (χ1v) is 11.6. The molecule has 178 valence electrons. The Morgan fingerprint density at radius 1 is 1.09 bits per heavy atom. The molecule has 1 aliphatic carbocycles. The number of rotatable bonds is 8. The molecule has 4 rings (SSSR count). The average molecular weight is 484 g/mol. The summed E-state index contributed by atoms with van der Waals surface area (Å²) >= 11 is 6.06. The van der Waals surface area contributed by atoms with Crippen LogP contribution in [0.4, 0.5) is 5.69 Å². The number of furan rings is 2. The van der Waals surface area contributed by atoms with Crippen LogP contribution < -0.4 is 15.5 Å². The van der Waals surface area contributed by atoms with Gasteiger partial charge in [-0.25, -0.2) is 0 Å². The SMILES string of the molecule is Cc1ccc([C@@H](C(=O)NC2CCCC2)N(C(=O)CNC(=O)c2ccco2)c2ccc(Cl)cc2)o1. The first kappa shape index (κ1) is 23.6. The van der Waals surface area contributed by atoms with Crippen LogP contribution in [-0.4, -0.2) is 30.3 Å². The Morgan fingerprint density at radius 3 is 2.44 bits per heavy atom. The molecule has 8 nitrogen and oxygen atoms in total. The van der Waals surface area contributed by atoms with Gasteiger partial charge in [0.2, 0.25) is 5.91 Å². The third kappa shape index (κ3) is 5.51. The van der Waals surface area contributed by atoms with Crippen molar-refractivity contribution < 1.29 is 23.2 Å². The summed E-state index contributed by atoms with van der Waals surface area (Å²) in [6, 6.07) is 12.1. The molecule has 0 unspecified atom stereocenters. The van der Waals surface area contributed by atoms with E-state index in [1.807, 2.05) is 0 Å². The number of benzene rings is 1. The zero-order chi connectivity index (χ0) is 24.1. The molecule has 0 bridgehead atoms. The minimum Gasteiger partial charge on any atom is -0.464 e. The van der Waals surface area contributed by atoms with Gasteiger partial charge in [-0.05, 0) is 68.3 Å². The summed E-state index contributed by atoms with van der Waals surface area (Å²) in [4.78, 5) is 40.7. The van der Waals surface area contributed by atoms with Crippen molar-refractivity contribution >= 4 is 35.0 Å². The Kier molecular flexibility index (Phi) is 7.37. The van der Waals surface area contributed by atoms with E-state index >= 15 is 0 Å². The van der Waals surface area contributed by atoms with Gasteiger partial charge in [0.25, 0.3) is 11.8 Å². The van der Waals surface area contributed by atoms with Crippen LogP contribution in [0.2, 0.25) is 5.02 Å². The minimum atomic E-state index is -1.07. The van der Waals surface area contributed by atoms with Crippen LogP contribution in [0.3, 0.4) is 0 Å². The van der Waals surface area contributed by atoms with Gasteiger partial charge in [0.1, 0.15) is 11.5 Å². The Morgan fingerprint density at radius 2 is 1.82 bits per heavy atom. The van der Waals surface area contributed by atoms with Crippen molar-refractivity contribution in [2.24, 2.45) is 0 Å². The molecule has 0 spiro atoms. The smallest absolute Gasteiger partial charge is 0.287 e. The third-order valence-corrected chi connectivity index (χ3v) is 6.01. The zero-order valence-corrected chi connectivity index (χ0v) is 19.5. The highest BCUT2D eigenvalue weighted by Gasteiger charge is 2.36. The summed E-state index contributed by atoms with van der Waals surface area (Å²) in [5.74, 6) is -0.347. The number of hydrogen-bond acceptors (Lipinski definition) is 5. The normalized spacial score (nSPS) is 14.5. The second kappa shape index (κ2) is 10.6. The fraction of sp³-hybridized carbons (Fsp3) is 0.320. The molecular formula is C25H26ClN3O5. The van der Waals surface area contributed by atoms with Gasteiger partial charge in [0.05, 0.1) is 12.8 Å². The summed E-state index contributed by atoms with van der Waals surface area (Å²) in [7, 11) is 0. The fourth-order valence-corrected chi connectivity index (χ4v) is 4.23. The van der Waals surface area contributed by atoms with E-state index in [-0.39, 0.29) is 24.3 Å². The molecule has 0 radical (unpaired) electrons. The van der Waals surface area contributed by atoms with Crippen molar-refractivity contribution in [2.45, 2.75) is 44.7 Å². The van der Waals surface area contributed by atoms with Crippen LogP contribution in [0, 0.1) is 6.92 Å². The molecule has 0 saturated heterocycles. The summed E-state index contributed by atoms with van der Waals surface area (Å²) in [6.07, 6.45) is 5.26. The van der Waals surface area contributed by atoms with Crippen molar-refractivity contribution in [3.05, 3.63) is 77.1 Å². The van der Waals surface area contributed by atoms with E-state index in [0.29, 0.717) is 22.2 Å². The van der Waals surface area contributed by atoms with Gasteiger partial charge >= 0.3 is 0 Å². The Balaban J connectivity index is 1.65. The quantitative estimate of drug-likeness (QED) is 0.494. The number of nitrogens with zero attached hydrogens (tertiary/aromatic N) is 1. The molecule has 9 heteroatoms. The molecular weight excluding hydrogens is 458 g/mol. The number of aryl methyl sites for hydroxylation is 1. The van der Waals surface area contributed by atoms with Crippen LogP contribution >= 0.6 is 11.6 Å². The lowest BCUT2D eigenvalue weighted by Gasteiger charge is -2.31. The van der Waals surface area contributed by atoms with Crippen molar-refractivity contribution in [2.75, 3.05) is 11.4 Å². The lowest BCUT2D eigenvalue weighted by atomic mass is 10.1. The summed E-state index contributed by atoms with van der Waals surface area (Å²) < 4.78 is 10.9. The van der Waals surface area contributed by atoms with E-state index in [0.717, 1.165) is 25.7 Å². The highest BCUT2D eigenvalue weighted by atomic mass is 35.5. The molecule has 1 aliphatic rings. The fourth-order valence-electron chi connectivity index (χ4n) is 4.10. The summed E-state index contributed by atoms with van der Waals surface area (Å²) in [5, 5.41) is 6.12. The van der Waals surface area contributed by atoms with E-state index < -0.39 is 17.9 Å². The van der Waals surface area contributed by atoms with Gasteiger partial charge in [0.15, 0.2) is 11.8 Å². The van der Waals surface area contributed by atoms with Crippen LogP contribution in [0.15, 0.2) is 63.6 Å². The molecule has 2 heterocycles. The van der Waals surface area contributed by atoms with E-state index in [4.69, 9.17) is 20.4 Å². The van der Waals surface area contributed by atoms with Gasteiger partial charge in [0, 0.05) is 16.8 Å². The second-order valence-corrected chi connectivity index (χ2v) is 8.68. The highest BCUT2D eigenvalue weighted by molar-refractivity contribution is 6.30. The van der Waals surface area contributed by atoms with Crippen LogP contribution in [0.1, 0.15) is 53.8 Å². The first-order chi connectivity index (χ1) is 16.4. The summed E-state index contributed by atoms with van der Waals surface area (Å²) in [5.41, 5.74) is 0.447. The van der Waals surface area contributed by atoms with Gasteiger partial charge in [-0.15, -0.1) is 0 Å². The van der Waals surface area contributed by atoms with Crippen molar-refractivity contribution in [1.82, 2.24) is 10.6 Å². The lowest BCUT2D eigenvalue weighted by molar-refractivity contribution is -0.127. The number of hydrogen-bond donors (Lipinski definition) is 2. The maximum Gasteiger partial charge on any atom is 0.287 e. The number of nitrogens with one attached hydrogen (secondary N) is 2. The van der Waals surface area contributed by atoms with E-state index in [9.17, 15) is 14.4 Å². The Labute approximate surface area is 202 Å². The monoisotopic (exact) mass is 483 g/mol. The molecule has 1 atom stereocenters. The average Bonchev–Trinajstić information content (AvgIpc) is 3.60. The molecule has 34 heavy (non-hydrogen) atoms. The third-order valence-electron chi connectivity index (χ3n) is 5.76. The predicted octanol–water partition coefficient (Wildman–Crippen LogP) is 4.40. The molecule has 1 saturated carbocycles. The molecule has 0 aliphatic heterocycles. The number of carbonyl (C=O) groups excluding carboxylic acids is 3.